The maximum Gasteiger partial charge on any atom is 0.357 e. The van der Waals surface area contributed by atoms with Gasteiger partial charge in [0.05, 0.1) is 22.8 Å². The van der Waals surface area contributed by atoms with Crippen molar-refractivity contribution in [3.8, 4) is 0 Å². The van der Waals surface area contributed by atoms with Crippen LogP contribution in [0.25, 0.3) is 0 Å². The molecule has 0 aliphatic rings. The smallest absolute Gasteiger partial charge is 0.357 e. The molecule has 0 radical (unpaired) electrons. The summed E-state index contributed by atoms with van der Waals surface area (Å²) in [6.45, 7) is 2.01. The molecule has 0 atom stereocenters. The van der Waals surface area contributed by atoms with Gasteiger partial charge in [-0.3, -0.25) is 14.9 Å². The van der Waals surface area contributed by atoms with E-state index in [2.05, 4.69) is 9.72 Å². The first-order chi connectivity index (χ1) is 7.15. The Morgan fingerprint density at radius 3 is 3.13 bits per heavy atom. The highest BCUT2D eigenvalue weighted by Gasteiger charge is 2.18. The molecule has 0 aromatic carbocycles. The van der Waals surface area contributed by atoms with Crippen molar-refractivity contribution in [1.82, 2.24) is 4.98 Å². The third-order valence-corrected chi connectivity index (χ3v) is 3.17. The molecule has 0 aliphatic carbocycles. The zero-order valence-corrected chi connectivity index (χ0v) is 9.47. The Morgan fingerprint density at radius 2 is 2.53 bits per heavy atom. The standard InChI is InChI=1S/C7H8N2O4S2/c1-2-13-5(10)3-14-6-7(9(11)12)15-4-8-6/h4H,2-3H2,1H3. The van der Waals surface area contributed by atoms with Crippen LogP contribution in [-0.2, 0) is 9.53 Å². The summed E-state index contributed by atoms with van der Waals surface area (Å²) in [4.78, 5) is 24.8. The van der Waals surface area contributed by atoms with Gasteiger partial charge in [-0.15, -0.1) is 0 Å². The molecule has 0 saturated carbocycles. The summed E-state index contributed by atoms with van der Waals surface area (Å²) in [5, 5.41) is 10.7. The lowest BCUT2D eigenvalue weighted by atomic mass is 10.8. The first kappa shape index (κ1) is 11.9. The van der Waals surface area contributed by atoms with E-state index in [9.17, 15) is 14.9 Å². The van der Waals surface area contributed by atoms with E-state index in [0.717, 1.165) is 23.1 Å². The number of aromatic nitrogens is 1. The minimum absolute atomic E-state index is 0.0377. The second-order valence-corrected chi connectivity index (χ2v) is 4.11. The number of thioether (sulfide) groups is 1. The van der Waals surface area contributed by atoms with E-state index >= 15 is 0 Å². The van der Waals surface area contributed by atoms with E-state index in [1.165, 1.54) is 5.51 Å². The molecule has 0 fully saturated rings. The first-order valence-corrected chi connectivity index (χ1v) is 5.88. The minimum atomic E-state index is -0.509. The lowest BCUT2D eigenvalue weighted by Crippen LogP contribution is -2.06. The van der Waals surface area contributed by atoms with Gasteiger partial charge >= 0.3 is 11.0 Å². The van der Waals surface area contributed by atoms with Crippen LogP contribution in [0, 0.1) is 10.1 Å². The largest absolute Gasteiger partial charge is 0.465 e. The van der Waals surface area contributed by atoms with Crippen molar-refractivity contribution >= 4 is 34.1 Å². The molecule has 6 nitrogen and oxygen atoms in total. The molecule has 1 heterocycles. The lowest BCUT2D eigenvalue weighted by Gasteiger charge is -1.98. The summed E-state index contributed by atoms with van der Waals surface area (Å²) < 4.78 is 4.69. The van der Waals surface area contributed by atoms with E-state index < -0.39 is 10.9 Å². The van der Waals surface area contributed by atoms with Crippen molar-refractivity contribution in [3.05, 3.63) is 15.6 Å². The average Bonchev–Trinajstić information content (AvgIpc) is 2.63. The molecule has 0 N–H and O–H groups in total. The molecule has 0 spiro atoms. The molecule has 0 saturated heterocycles. The summed E-state index contributed by atoms with van der Waals surface area (Å²) in [6, 6.07) is 0. The SMILES string of the molecule is CCOC(=O)CSc1ncsc1[N+](=O)[O-]. The van der Waals surface area contributed by atoms with E-state index in [4.69, 9.17) is 0 Å². The van der Waals surface area contributed by atoms with Crippen LogP contribution in [0.5, 0.6) is 0 Å². The number of ether oxygens (including phenoxy) is 1. The third-order valence-electron chi connectivity index (χ3n) is 1.32. The van der Waals surface area contributed by atoms with Crippen molar-refractivity contribution in [2.75, 3.05) is 12.4 Å². The molecule has 0 aliphatic heterocycles. The fraction of sp³-hybridized carbons (Fsp3) is 0.429. The first-order valence-electron chi connectivity index (χ1n) is 4.01. The van der Waals surface area contributed by atoms with Gasteiger partial charge in [-0.05, 0) is 18.3 Å². The van der Waals surface area contributed by atoms with E-state index in [1.807, 2.05) is 0 Å². The third kappa shape index (κ3) is 3.48. The van der Waals surface area contributed by atoms with Gasteiger partial charge in [-0.25, -0.2) is 4.98 Å². The maximum atomic E-state index is 11.0. The normalized spacial score (nSPS) is 9.93. The van der Waals surface area contributed by atoms with E-state index in [1.54, 1.807) is 6.92 Å². The van der Waals surface area contributed by atoms with Gasteiger partial charge in [-0.2, -0.15) is 0 Å². The van der Waals surface area contributed by atoms with Gasteiger partial charge in [0.15, 0.2) is 5.03 Å². The van der Waals surface area contributed by atoms with Gasteiger partial charge in [0, 0.05) is 0 Å². The van der Waals surface area contributed by atoms with Crippen LogP contribution in [-0.4, -0.2) is 28.2 Å². The van der Waals surface area contributed by atoms with Crippen LogP contribution in [0.2, 0.25) is 0 Å². The van der Waals surface area contributed by atoms with Crippen LogP contribution < -0.4 is 0 Å². The molecule has 8 heteroatoms. The number of carbonyl (C=O) groups excluding carboxylic acids is 1. The number of esters is 1. The molecular weight excluding hydrogens is 240 g/mol. The predicted octanol–water partition coefficient (Wildman–Crippen LogP) is 1.71. The van der Waals surface area contributed by atoms with Crippen molar-refractivity contribution in [3.63, 3.8) is 0 Å². The number of rotatable bonds is 5. The number of hydrogen-bond donors (Lipinski definition) is 0. The molecular formula is C7H8N2O4S2. The van der Waals surface area contributed by atoms with Crippen LogP contribution in [0.4, 0.5) is 5.00 Å². The van der Waals surface area contributed by atoms with Gasteiger partial charge < -0.3 is 4.74 Å². The van der Waals surface area contributed by atoms with Crippen LogP contribution >= 0.6 is 23.1 Å². The number of hydrogen-bond acceptors (Lipinski definition) is 7. The Balaban J connectivity index is 2.54. The summed E-state index contributed by atoms with van der Waals surface area (Å²) in [5.41, 5.74) is 1.38. The minimum Gasteiger partial charge on any atom is -0.465 e. The molecule has 0 bridgehead atoms. The summed E-state index contributed by atoms with van der Waals surface area (Å²) in [7, 11) is 0. The average molecular weight is 248 g/mol. The van der Waals surface area contributed by atoms with Crippen LogP contribution in [0.1, 0.15) is 6.92 Å². The highest BCUT2D eigenvalue weighted by atomic mass is 32.2. The maximum absolute atomic E-state index is 11.0. The summed E-state index contributed by atoms with van der Waals surface area (Å²) in [5.74, 6) is -0.358. The van der Waals surface area contributed by atoms with Crippen molar-refractivity contribution in [1.29, 1.82) is 0 Å². The molecule has 1 aromatic heterocycles. The fourth-order valence-electron chi connectivity index (χ4n) is 0.780. The van der Waals surface area contributed by atoms with Gasteiger partial charge in [0.1, 0.15) is 0 Å². The number of nitro groups is 1. The Morgan fingerprint density at radius 1 is 1.80 bits per heavy atom. The van der Waals surface area contributed by atoms with Crippen LogP contribution in [0.15, 0.2) is 10.5 Å². The Hall–Kier alpha value is -1.15. The molecule has 1 aromatic rings. The van der Waals surface area contributed by atoms with Gasteiger partial charge in [0.2, 0.25) is 0 Å². The van der Waals surface area contributed by atoms with Crippen molar-refractivity contribution < 1.29 is 14.5 Å². The quantitative estimate of drug-likeness (QED) is 0.341. The Bertz CT molecular complexity index is 366. The fourth-order valence-corrected chi connectivity index (χ4v) is 2.33. The highest BCUT2D eigenvalue weighted by molar-refractivity contribution is 8.00. The highest BCUT2D eigenvalue weighted by Crippen LogP contribution is 2.31. The summed E-state index contributed by atoms with van der Waals surface area (Å²) in [6.07, 6.45) is 0. The topological polar surface area (TPSA) is 82.3 Å². The predicted molar refractivity (Wildman–Crippen MR) is 56.1 cm³/mol. The molecule has 0 unspecified atom stereocenters. The van der Waals surface area contributed by atoms with E-state index in [-0.39, 0.29) is 15.8 Å². The van der Waals surface area contributed by atoms with Crippen molar-refractivity contribution in [2.24, 2.45) is 0 Å². The molecule has 1 rings (SSSR count). The monoisotopic (exact) mass is 248 g/mol. The number of thiazole rings is 1. The number of carbonyl (C=O) groups is 1. The second-order valence-electron chi connectivity index (χ2n) is 2.31. The zero-order chi connectivity index (χ0) is 11.3. The Labute approximate surface area is 93.8 Å². The molecule has 82 valence electrons. The molecule has 0 amide bonds. The summed E-state index contributed by atoms with van der Waals surface area (Å²) >= 11 is 1.95. The van der Waals surface area contributed by atoms with E-state index in [0.29, 0.717) is 6.61 Å². The van der Waals surface area contributed by atoms with Gasteiger partial charge in [0.25, 0.3) is 0 Å². The Kier molecular flexibility index (Phi) is 4.50. The van der Waals surface area contributed by atoms with Gasteiger partial charge in [-0.1, -0.05) is 11.8 Å². The van der Waals surface area contributed by atoms with Crippen molar-refractivity contribution in [2.45, 2.75) is 11.9 Å². The molecule has 15 heavy (non-hydrogen) atoms. The number of nitrogens with zero attached hydrogens (tertiary/aromatic N) is 2. The zero-order valence-electron chi connectivity index (χ0n) is 7.84. The lowest BCUT2D eigenvalue weighted by molar-refractivity contribution is -0.383. The van der Waals surface area contributed by atoms with Crippen LogP contribution in [0.3, 0.4) is 0 Å². The second kappa shape index (κ2) is 5.66.